The fraction of sp³-hybridized carbons (Fsp3) is 0.533. The topological polar surface area (TPSA) is 70.7 Å². The molecule has 1 N–H and O–H groups in total. The lowest BCUT2D eigenvalue weighted by Gasteiger charge is -2.19. The summed E-state index contributed by atoms with van der Waals surface area (Å²) in [7, 11) is 0. The largest absolute Gasteiger partial charge is 0.477 e. The first-order chi connectivity index (χ1) is 9.86. The van der Waals surface area contributed by atoms with Crippen molar-refractivity contribution >= 4 is 17.4 Å². The van der Waals surface area contributed by atoms with E-state index in [1.54, 1.807) is 10.6 Å². The molecule has 2 aromatic rings. The normalized spacial score (nSPS) is 15.9. The zero-order chi connectivity index (χ0) is 15.2. The maximum Gasteiger partial charge on any atom is 0.354 e. The lowest BCUT2D eigenvalue weighted by molar-refractivity contribution is 0.0690. The molecular weight excluding hydrogens is 268 g/mol. The second kappa shape index (κ2) is 4.72. The number of hydrogen-bond acceptors (Lipinski definition) is 4. The van der Waals surface area contributed by atoms with Crippen molar-refractivity contribution in [1.82, 2.24) is 14.6 Å². The molecule has 0 bridgehead atoms. The van der Waals surface area contributed by atoms with Crippen LogP contribution in [0.15, 0.2) is 12.1 Å². The first-order valence-electron chi connectivity index (χ1n) is 7.26. The number of anilines is 1. The number of nitrogens with zero attached hydrogens (tertiary/aromatic N) is 4. The number of carbonyl (C=O) groups is 1. The smallest absolute Gasteiger partial charge is 0.354 e. The Morgan fingerprint density at radius 2 is 1.90 bits per heavy atom. The van der Waals surface area contributed by atoms with E-state index in [0.29, 0.717) is 5.65 Å². The summed E-state index contributed by atoms with van der Waals surface area (Å²) in [6, 6.07) is 3.51. The lowest BCUT2D eigenvalue weighted by Crippen LogP contribution is -2.22. The van der Waals surface area contributed by atoms with Crippen molar-refractivity contribution in [2.75, 3.05) is 18.0 Å². The van der Waals surface area contributed by atoms with Crippen molar-refractivity contribution in [1.29, 1.82) is 0 Å². The van der Waals surface area contributed by atoms with E-state index < -0.39 is 5.97 Å². The highest BCUT2D eigenvalue weighted by Crippen LogP contribution is 2.26. The zero-order valence-electron chi connectivity index (χ0n) is 12.6. The van der Waals surface area contributed by atoms with Crippen molar-refractivity contribution in [2.24, 2.45) is 0 Å². The summed E-state index contributed by atoms with van der Waals surface area (Å²) >= 11 is 0. The van der Waals surface area contributed by atoms with E-state index in [0.717, 1.165) is 37.4 Å². The number of aromatic nitrogens is 3. The van der Waals surface area contributed by atoms with E-state index >= 15 is 0 Å². The van der Waals surface area contributed by atoms with Crippen LogP contribution in [0.1, 0.15) is 49.8 Å². The predicted octanol–water partition coefficient (Wildman–Crippen LogP) is 2.33. The summed E-state index contributed by atoms with van der Waals surface area (Å²) in [4.78, 5) is 17.7. The number of aromatic carboxylic acids is 1. The van der Waals surface area contributed by atoms with E-state index in [9.17, 15) is 9.90 Å². The van der Waals surface area contributed by atoms with Gasteiger partial charge < -0.3 is 10.0 Å². The number of hydrogen-bond donors (Lipinski definition) is 1. The Morgan fingerprint density at radius 3 is 2.48 bits per heavy atom. The maximum atomic E-state index is 11.3. The van der Waals surface area contributed by atoms with Crippen molar-refractivity contribution in [3.05, 3.63) is 23.5 Å². The molecule has 0 aliphatic carbocycles. The molecule has 112 valence electrons. The maximum absolute atomic E-state index is 11.3. The van der Waals surface area contributed by atoms with E-state index in [1.165, 1.54) is 0 Å². The van der Waals surface area contributed by atoms with Crippen LogP contribution in [0, 0.1) is 0 Å². The molecule has 21 heavy (non-hydrogen) atoms. The number of fused-ring (bicyclic) bond motifs is 1. The van der Waals surface area contributed by atoms with Gasteiger partial charge in [-0.2, -0.15) is 9.61 Å². The van der Waals surface area contributed by atoms with Crippen LogP contribution in [-0.4, -0.2) is 38.8 Å². The summed E-state index contributed by atoms with van der Waals surface area (Å²) in [5.74, 6) is -0.179. The molecule has 1 aliphatic rings. The third kappa shape index (κ3) is 2.46. The fourth-order valence-corrected chi connectivity index (χ4v) is 2.61. The van der Waals surface area contributed by atoms with Gasteiger partial charge in [-0.1, -0.05) is 20.8 Å². The van der Waals surface area contributed by atoms with Crippen LogP contribution in [0.4, 0.5) is 5.82 Å². The van der Waals surface area contributed by atoms with Gasteiger partial charge in [0.2, 0.25) is 0 Å². The van der Waals surface area contributed by atoms with Gasteiger partial charge in [0.1, 0.15) is 5.82 Å². The van der Waals surface area contributed by atoms with Gasteiger partial charge in [-0.25, -0.2) is 9.78 Å². The molecule has 0 radical (unpaired) electrons. The highest BCUT2D eigenvalue weighted by Gasteiger charge is 2.23. The number of carboxylic acid groups (broad SMARTS) is 1. The third-order valence-corrected chi connectivity index (χ3v) is 3.83. The van der Waals surface area contributed by atoms with Gasteiger partial charge in [-0.05, 0) is 12.8 Å². The minimum atomic E-state index is -1.00. The molecule has 1 saturated heterocycles. The van der Waals surface area contributed by atoms with Crippen molar-refractivity contribution < 1.29 is 9.90 Å². The second-order valence-corrected chi connectivity index (χ2v) is 6.55. The average Bonchev–Trinajstić information content (AvgIpc) is 3.05. The average molecular weight is 288 g/mol. The standard InChI is InChI=1S/C15H20N4O2/c1-15(2,3)11-9-12-16-10(14(20)21)8-13(19(12)17-11)18-6-4-5-7-18/h8-9H,4-7H2,1-3H3,(H,20,21). The van der Waals surface area contributed by atoms with Crippen molar-refractivity contribution in [3.63, 3.8) is 0 Å². The lowest BCUT2D eigenvalue weighted by atomic mass is 9.93. The van der Waals surface area contributed by atoms with Crippen LogP contribution in [0.5, 0.6) is 0 Å². The van der Waals surface area contributed by atoms with Crippen molar-refractivity contribution in [2.45, 2.75) is 39.0 Å². The molecule has 6 nitrogen and oxygen atoms in total. The number of carboxylic acids is 1. The van der Waals surface area contributed by atoms with Crippen LogP contribution < -0.4 is 4.90 Å². The monoisotopic (exact) mass is 288 g/mol. The molecule has 0 atom stereocenters. The highest BCUT2D eigenvalue weighted by molar-refractivity contribution is 5.87. The van der Waals surface area contributed by atoms with E-state index in [-0.39, 0.29) is 11.1 Å². The Hall–Kier alpha value is -2.11. The molecule has 6 heteroatoms. The Labute approximate surface area is 123 Å². The Kier molecular flexibility index (Phi) is 3.11. The molecule has 0 amide bonds. The van der Waals surface area contributed by atoms with Gasteiger partial charge in [0, 0.05) is 30.6 Å². The molecule has 0 aromatic carbocycles. The molecule has 0 unspecified atom stereocenters. The van der Waals surface area contributed by atoms with Gasteiger partial charge in [-0.3, -0.25) is 0 Å². The quantitative estimate of drug-likeness (QED) is 0.918. The first-order valence-corrected chi connectivity index (χ1v) is 7.26. The molecule has 1 aliphatic heterocycles. The molecule has 3 heterocycles. The summed E-state index contributed by atoms with van der Waals surface area (Å²) in [6.45, 7) is 8.12. The Balaban J connectivity index is 2.21. The first kappa shape index (κ1) is 13.9. The summed E-state index contributed by atoms with van der Waals surface area (Å²) in [5.41, 5.74) is 1.49. The summed E-state index contributed by atoms with van der Waals surface area (Å²) in [6.07, 6.45) is 2.25. The molecule has 3 rings (SSSR count). The Morgan fingerprint density at radius 1 is 1.24 bits per heavy atom. The Bertz CT molecular complexity index is 693. The molecular formula is C15H20N4O2. The predicted molar refractivity (Wildman–Crippen MR) is 80.1 cm³/mol. The molecule has 1 fully saturated rings. The van der Waals surface area contributed by atoms with Gasteiger partial charge in [-0.15, -0.1) is 0 Å². The van der Waals surface area contributed by atoms with Crippen molar-refractivity contribution in [3.8, 4) is 0 Å². The SMILES string of the molecule is CC(C)(C)c1cc2nc(C(=O)O)cc(N3CCCC3)n2n1. The number of rotatable bonds is 2. The zero-order valence-corrected chi connectivity index (χ0v) is 12.6. The van der Waals surface area contributed by atoms with E-state index in [1.807, 2.05) is 6.07 Å². The van der Waals surface area contributed by atoms with Crippen LogP contribution >= 0.6 is 0 Å². The summed E-state index contributed by atoms with van der Waals surface area (Å²) in [5, 5.41) is 13.9. The molecule has 0 saturated carbocycles. The van der Waals surface area contributed by atoms with Gasteiger partial charge in [0.15, 0.2) is 11.3 Å². The highest BCUT2D eigenvalue weighted by atomic mass is 16.4. The summed E-state index contributed by atoms with van der Waals surface area (Å²) < 4.78 is 1.78. The van der Waals surface area contributed by atoms with Gasteiger partial charge >= 0.3 is 5.97 Å². The minimum Gasteiger partial charge on any atom is -0.477 e. The van der Waals surface area contributed by atoms with Gasteiger partial charge in [0.25, 0.3) is 0 Å². The molecule has 2 aromatic heterocycles. The van der Waals surface area contributed by atoms with E-state index in [4.69, 9.17) is 0 Å². The third-order valence-electron chi connectivity index (χ3n) is 3.83. The van der Waals surface area contributed by atoms with Crippen LogP contribution in [0.2, 0.25) is 0 Å². The minimum absolute atomic E-state index is 0.0739. The van der Waals surface area contributed by atoms with Gasteiger partial charge in [0.05, 0.1) is 5.69 Å². The second-order valence-electron chi connectivity index (χ2n) is 6.55. The van der Waals surface area contributed by atoms with Crippen LogP contribution in [0.25, 0.3) is 5.65 Å². The molecule has 0 spiro atoms. The van der Waals surface area contributed by atoms with E-state index in [2.05, 4.69) is 35.8 Å². The van der Waals surface area contributed by atoms with Crippen LogP contribution in [0.3, 0.4) is 0 Å². The fourth-order valence-electron chi connectivity index (χ4n) is 2.61. The van der Waals surface area contributed by atoms with Crippen LogP contribution in [-0.2, 0) is 5.41 Å².